The Morgan fingerprint density at radius 3 is 2.48 bits per heavy atom. The highest BCUT2D eigenvalue weighted by molar-refractivity contribution is 5.86. The van der Waals surface area contributed by atoms with Crippen LogP contribution in [0.3, 0.4) is 0 Å². The second kappa shape index (κ2) is 6.71. The lowest BCUT2D eigenvalue weighted by atomic mass is 9.85. The highest BCUT2D eigenvalue weighted by Crippen LogP contribution is 2.37. The minimum Gasteiger partial charge on any atom is -0.464 e. The van der Waals surface area contributed by atoms with Gasteiger partial charge in [-0.05, 0) is 39.0 Å². The Hall–Kier alpha value is -1.20. The van der Waals surface area contributed by atoms with Crippen molar-refractivity contribution in [2.24, 2.45) is 5.92 Å². The van der Waals surface area contributed by atoms with Crippen LogP contribution in [0.1, 0.15) is 51.9 Å². The molecule has 0 spiro atoms. The Bertz CT molecular complexity index is 390. The second-order valence-corrected chi connectivity index (χ2v) is 5.93. The number of halogens is 2. The van der Waals surface area contributed by atoms with E-state index in [-0.39, 0.29) is 50.1 Å². The molecule has 1 amide bonds. The predicted octanol–water partition coefficient (Wildman–Crippen LogP) is 2.76. The molecule has 1 heterocycles. The summed E-state index contributed by atoms with van der Waals surface area (Å²) < 4.78 is 31.4. The highest BCUT2D eigenvalue weighted by Gasteiger charge is 2.41. The molecule has 6 heteroatoms. The van der Waals surface area contributed by atoms with Crippen molar-refractivity contribution in [2.75, 3.05) is 13.2 Å². The minimum absolute atomic E-state index is 0.150. The van der Waals surface area contributed by atoms with Crippen molar-refractivity contribution >= 4 is 11.9 Å². The maximum absolute atomic E-state index is 13.2. The van der Waals surface area contributed by atoms with Gasteiger partial charge in [-0.25, -0.2) is 13.6 Å². The van der Waals surface area contributed by atoms with Crippen LogP contribution < -0.4 is 0 Å². The summed E-state index contributed by atoms with van der Waals surface area (Å²) in [5.41, 5.74) is 0. The van der Waals surface area contributed by atoms with Crippen molar-refractivity contribution in [3.05, 3.63) is 0 Å². The molecule has 1 atom stereocenters. The van der Waals surface area contributed by atoms with Gasteiger partial charge in [0.05, 0.1) is 6.61 Å². The van der Waals surface area contributed by atoms with Gasteiger partial charge >= 0.3 is 5.97 Å². The van der Waals surface area contributed by atoms with Gasteiger partial charge < -0.3 is 9.64 Å². The van der Waals surface area contributed by atoms with Crippen LogP contribution >= 0.6 is 0 Å². The van der Waals surface area contributed by atoms with E-state index in [1.165, 1.54) is 0 Å². The van der Waals surface area contributed by atoms with Crippen LogP contribution in [0.15, 0.2) is 0 Å². The quantitative estimate of drug-likeness (QED) is 0.753. The lowest BCUT2D eigenvalue weighted by molar-refractivity contribution is -0.159. The van der Waals surface area contributed by atoms with Gasteiger partial charge in [-0.3, -0.25) is 4.79 Å². The number of alkyl halides is 2. The van der Waals surface area contributed by atoms with Crippen molar-refractivity contribution in [1.82, 2.24) is 4.90 Å². The zero-order valence-corrected chi connectivity index (χ0v) is 12.4. The van der Waals surface area contributed by atoms with Gasteiger partial charge in [-0.2, -0.15) is 0 Å². The molecule has 0 aromatic heterocycles. The smallest absolute Gasteiger partial charge is 0.328 e. The van der Waals surface area contributed by atoms with Crippen LogP contribution in [-0.2, 0) is 14.3 Å². The summed E-state index contributed by atoms with van der Waals surface area (Å²) in [6.45, 7) is 2.54. The number of hydrogen-bond donors (Lipinski definition) is 0. The summed E-state index contributed by atoms with van der Waals surface area (Å²) in [4.78, 5) is 26.1. The van der Waals surface area contributed by atoms with Crippen LogP contribution in [0.25, 0.3) is 0 Å². The van der Waals surface area contributed by atoms with Crippen LogP contribution in [0.2, 0.25) is 0 Å². The average Bonchev–Trinajstić information content (AvgIpc) is 2.47. The molecule has 120 valence electrons. The lowest BCUT2D eigenvalue weighted by Gasteiger charge is -2.38. The number of esters is 1. The maximum Gasteiger partial charge on any atom is 0.328 e. The van der Waals surface area contributed by atoms with E-state index in [1.807, 2.05) is 0 Å². The van der Waals surface area contributed by atoms with E-state index in [0.717, 1.165) is 12.8 Å². The van der Waals surface area contributed by atoms with Crippen LogP contribution in [0.4, 0.5) is 8.78 Å². The normalized spacial score (nSPS) is 26.4. The van der Waals surface area contributed by atoms with Crippen molar-refractivity contribution in [1.29, 1.82) is 0 Å². The van der Waals surface area contributed by atoms with Crippen molar-refractivity contribution in [3.8, 4) is 0 Å². The number of amides is 1. The summed E-state index contributed by atoms with van der Waals surface area (Å²) in [6.07, 6.45) is 2.28. The Kier molecular flexibility index (Phi) is 5.17. The number of hydrogen-bond acceptors (Lipinski definition) is 3. The number of nitrogens with zero attached hydrogens (tertiary/aromatic N) is 1. The number of piperidine rings is 1. The van der Waals surface area contributed by atoms with Gasteiger partial charge in [0.15, 0.2) is 0 Å². The van der Waals surface area contributed by atoms with Crippen LogP contribution in [0, 0.1) is 5.92 Å². The Morgan fingerprint density at radius 1 is 1.19 bits per heavy atom. The molecule has 0 radical (unpaired) electrons. The summed E-state index contributed by atoms with van der Waals surface area (Å²) in [5, 5.41) is 0. The molecular weight excluding hydrogens is 280 g/mol. The molecule has 1 aliphatic heterocycles. The lowest BCUT2D eigenvalue weighted by Crippen LogP contribution is -2.51. The Balaban J connectivity index is 2.00. The van der Waals surface area contributed by atoms with Gasteiger partial charge in [0.25, 0.3) is 0 Å². The zero-order valence-electron chi connectivity index (χ0n) is 12.4. The molecule has 1 saturated heterocycles. The molecule has 0 bridgehead atoms. The van der Waals surface area contributed by atoms with E-state index < -0.39 is 12.0 Å². The monoisotopic (exact) mass is 303 g/mol. The predicted molar refractivity (Wildman–Crippen MR) is 72.9 cm³/mol. The molecule has 1 unspecified atom stereocenters. The molecule has 0 aromatic carbocycles. The first-order chi connectivity index (χ1) is 9.94. The first-order valence-electron chi connectivity index (χ1n) is 7.79. The number of carbonyl (C=O) groups excluding carboxylic acids is 2. The van der Waals surface area contributed by atoms with E-state index >= 15 is 0 Å². The molecule has 1 aliphatic carbocycles. The van der Waals surface area contributed by atoms with E-state index in [1.54, 1.807) is 11.8 Å². The largest absolute Gasteiger partial charge is 0.464 e. The van der Waals surface area contributed by atoms with Crippen LogP contribution in [0.5, 0.6) is 0 Å². The topological polar surface area (TPSA) is 46.6 Å². The van der Waals surface area contributed by atoms with E-state index in [0.29, 0.717) is 13.0 Å². The van der Waals surface area contributed by atoms with Crippen LogP contribution in [-0.4, -0.2) is 41.9 Å². The zero-order chi connectivity index (χ0) is 15.5. The SMILES string of the molecule is CCOC(=O)C1CCCCN1C(=O)C1CCC(F)(F)CC1. The molecule has 0 N–H and O–H groups in total. The molecule has 4 nitrogen and oxygen atoms in total. The summed E-state index contributed by atoms with van der Waals surface area (Å²) in [6, 6.07) is -0.534. The second-order valence-electron chi connectivity index (χ2n) is 5.93. The molecular formula is C15H23F2NO3. The summed E-state index contributed by atoms with van der Waals surface area (Å²) in [5.74, 6) is -3.53. The molecule has 2 aliphatic rings. The fourth-order valence-electron chi connectivity index (χ4n) is 3.20. The number of ether oxygens (including phenoxy) is 1. The van der Waals surface area contributed by atoms with Gasteiger partial charge in [0.1, 0.15) is 6.04 Å². The third kappa shape index (κ3) is 3.92. The van der Waals surface area contributed by atoms with Gasteiger partial charge in [-0.15, -0.1) is 0 Å². The van der Waals surface area contributed by atoms with Gasteiger partial charge in [-0.1, -0.05) is 0 Å². The Morgan fingerprint density at radius 2 is 1.86 bits per heavy atom. The molecule has 2 fully saturated rings. The standard InChI is InChI=1S/C15H23F2NO3/c1-2-21-14(20)12-5-3-4-10-18(12)13(19)11-6-8-15(16,17)9-7-11/h11-12H,2-10H2,1H3. The molecule has 1 saturated carbocycles. The molecule has 2 rings (SSSR count). The highest BCUT2D eigenvalue weighted by atomic mass is 19.3. The third-order valence-corrected chi connectivity index (χ3v) is 4.41. The number of likely N-dealkylation sites (tertiary alicyclic amines) is 1. The van der Waals surface area contributed by atoms with E-state index in [4.69, 9.17) is 4.74 Å². The molecule has 0 aromatic rings. The van der Waals surface area contributed by atoms with E-state index in [2.05, 4.69) is 0 Å². The number of rotatable bonds is 3. The van der Waals surface area contributed by atoms with Crippen molar-refractivity contribution in [3.63, 3.8) is 0 Å². The van der Waals surface area contributed by atoms with Crippen molar-refractivity contribution in [2.45, 2.75) is 63.8 Å². The summed E-state index contributed by atoms with van der Waals surface area (Å²) >= 11 is 0. The number of carbonyl (C=O) groups is 2. The maximum atomic E-state index is 13.2. The van der Waals surface area contributed by atoms with Gasteiger partial charge in [0, 0.05) is 25.3 Å². The Labute approximate surface area is 123 Å². The van der Waals surface area contributed by atoms with Crippen molar-refractivity contribution < 1.29 is 23.1 Å². The van der Waals surface area contributed by atoms with E-state index in [9.17, 15) is 18.4 Å². The third-order valence-electron chi connectivity index (χ3n) is 4.41. The first kappa shape index (κ1) is 16.2. The average molecular weight is 303 g/mol. The minimum atomic E-state index is -2.64. The summed E-state index contributed by atoms with van der Waals surface area (Å²) in [7, 11) is 0. The fraction of sp³-hybridized carbons (Fsp3) is 0.867. The molecule has 21 heavy (non-hydrogen) atoms. The first-order valence-corrected chi connectivity index (χ1v) is 7.79. The van der Waals surface area contributed by atoms with Gasteiger partial charge in [0.2, 0.25) is 11.8 Å². The fourth-order valence-corrected chi connectivity index (χ4v) is 3.20.